The minimum absolute atomic E-state index is 0.163. The van der Waals surface area contributed by atoms with Crippen LogP contribution in [0.15, 0.2) is 59.6 Å². The maximum Gasteiger partial charge on any atom is 0.181 e. The van der Waals surface area contributed by atoms with Crippen LogP contribution in [0.5, 0.6) is 5.75 Å². The van der Waals surface area contributed by atoms with E-state index in [1.165, 1.54) is 24.4 Å². The van der Waals surface area contributed by atoms with Gasteiger partial charge in [-0.3, -0.25) is 0 Å². The van der Waals surface area contributed by atoms with E-state index in [1.807, 2.05) is 0 Å². The molecule has 1 unspecified atom stereocenters. The Kier molecular flexibility index (Phi) is 5.10. The fourth-order valence-corrected chi connectivity index (χ4v) is 5.24. The Bertz CT molecular complexity index is 1420. The van der Waals surface area contributed by atoms with E-state index in [0.717, 1.165) is 12.1 Å². The number of hydrogen-bond acceptors (Lipinski definition) is 5. The summed E-state index contributed by atoms with van der Waals surface area (Å²) in [5.41, 5.74) is 1.98. The van der Waals surface area contributed by atoms with Gasteiger partial charge in [0, 0.05) is 6.07 Å². The number of hydrogen-bond donors (Lipinski definition) is 1. The fourth-order valence-electron chi connectivity index (χ4n) is 3.45. The van der Waals surface area contributed by atoms with Crippen molar-refractivity contribution in [3.05, 3.63) is 82.8 Å². The molecule has 0 saturated heterocycles. The molecule has 2 heterocycles. The zero-order chi connectivity index (χ0) is 22.5. The van der Waals surface area contributed by atoms with Crippen molar-refractivity contribution in [2.45, 2.75) is 29.1 Å². The van der Waals surface area contributed by atoms with Crippen molar-refractivity contribution in [2.75, 3.05) is 0 Å². The zero-order valence-corrected chi connectivity index (χ0v) is 18.0. The molecule has 0 spiro atoms. The van der Waals surface area contributed by atoms with Gasteiger partial charge in [-0.25, -0.2) is 27.2 Å². The van der Waals surface area contributed by atoms with Crippen molar-refractivity contribution in [1.82, 2.24) is 15.0 Å². The van der Waals surface area contributed by atoms with Gasteiger partial charge in [0.05, 0.1) is 22.0 Å². The Morgan fingerprint density at radius 3 is 2.53 bits per heavy atom. The van der Waals surface area contributed by atoms with E-state index in [-0.39, 0.29) is 21.0 Å². The summed E-state index contributed by atoms with van der Waals surface area (Å²) in [4.78, 5) is 11.7. The normalized spacial score (nSPS) is 15.1. The van der Waals surface area contributed by atoms with E-state index < -0.39 is 27.6 Å². The van der Waals surface area contributed by atoms with Gasteiger partial charge in [0.15, 0.2) is 33.2 Å². The van der Waals surface area contributed by atoms with Crippen LogP contribution in [-0.2, 0) is 9.84 Å². The van der Waals surface area contributed by atoms with E-state index in [0.29, 0.717) is 35.3 Å². The van der Waals surface area contributed by atoms with Crippen molar-refractivity contribution in [2.24, 2.45) is 0 Å². The van der Waals surface area contributed by atoms with Gasteiger partial charge >= 0.3 is 0 Å². The summed E-state index contributed by atoms with van der Waals surface area (Å²) in [6, 6.07) is 10.9. The molecule has 2 aromatic carbocycles. The Hall–Kier alpha value is -3.04. The molecule has 4 aromatic rings. The molecule has 2 aromatic heterocycles. The SMILES string of the molecule is O=S(=O)(c1ccc(C(Oc2ccc(F)cc2F)c2cc3ncc(Cl)nc3[nH]2)cc1)C1CC1. The van der Waals surface area contributed by atoms with Crippen molar-refractivity contribution in [1.29, 1.82) is 0 Å². The molecular formula is C22H16ClF2N3O3S. The number of nitrogens with one attached hydrogen (secondary N) is 1. The first-order chi connectivity index (χ1) is 15.3. The molecule has 32 heavy (non-hydrogen) atoms. The highest BCUT2D eigenvalue weighted by Crippen LogP contribution is 2.35. The maximum absolute atomic E-state index is 14.3. The number of benzene rings is 2. The minimum Gasteiger partial charge on any atom is -0.476 e. The number of rotatable bonds is 6. The van der Waals surface area contributed by atoms with Crippen LogP contribution in [0.4, 0.5) is 8.78 Å². The average molecular weight is 476 g/mol. The standard InChI is InChI=1S/C22H16ClF2N3O3S/c23-20-11-26-18-10-17(27-22(18)28-20)21(31-19-8-3-13(24)9-16(19)25)12-1-4-14(5-2-12)32(29,30)15-6-7-15/h1-5,8-11,15,21H,6-7H2,(H,27,28). The van der Waals surface area contributed by atoms with Crippen molar-refractivity contribution in [3.63, 3.8) is 0 Å². The third kappa shape index (κ3) is 3.93. The summed E-state index contributed by atoms with van der Waals surface area (Å²) < 4.78 is 58.6. The van der Waals surface area contributed by atoms with Crippen molar-refractivity contribution < 1.29 is 21.9 Å². The quantitative estimate of drug-likeness (QED) is 0.424. The largest absolute Gasteiger partial charge is 0.476 e. The lowest BCUT2D eigenvalue weighted by Gasteiger charge is -2.19. The molecule has 164 valence electrons. The molecule has 10 heteroatoms. The van der Waals surface area contributed by atoms with Crippen molar-refractivity contribution >= 4 is 32.6 Å². The topological polar surface area (TPSA) is 84.9 Å². The summed E-state index contributed by atoms with van der Waals surface area (Å²) in [5, 5.41) is -0.133. The third-order valence-corrected chi connectivity index (χ3v) is 7.68. The van der Waals surface area contributed by atoms with E-state index in [9.17, 15) is 17.2 Å². The number of ether oxygens (including phenoxy) is 1. The second-order valence-electron chi connectivity index (χ2n) is 7.54. The molecule has 5 rings (SSSR count). The molecule has 1 aliphatic rings. The first-order valence-electron chi connectivity index (χ1n) is 9.78. The molecule has 1 atom stereocenters. The Morgan fingerprint density at radius 2 is 1.84 bits per heavy atom. The lowest BCUT2D eigenvalue weighted by molar-refractivity contribution is 0.231. The van der Waals surface area contributed by atoms with Gasteiger partial charge in [0.1, 0.15) is 16.5 Å². The van der Waals surface area contributed by atoms with Gasteiger partial charge < -0.3 is 9.72 Å². The molecule has 0 amide bonds. The van der Waals surface area contributed by atoms with E-state index >= 15 is 0 Å². The first-order valence-corrected chi connectivity index (χ1v) is 11.7. The predicted molar refractivity (Wildman–Crippen MR) is 114 cm³/mol. The number of H-pyrrole nitrogens is 1. The summed E-state index contributed by atoms with van der Waals surface area (Å²) in [5.74, 6) is -1.75. The van der Waals surface area contributed by atoms with Crippen LogP contribution in [0.2, 0.25) is 5.15 Å². The number of fused-ring (bicyclic) bond motifs is 1. The number of halogens is 3. The second-order valence-corrected chi connectivity index (χ2v) is 10.2. The molecule has 1 aliphatic carbocycles. The van der Waals surface area contributed by atoms with Crippen LogP contribution in [0, 0.1) is 11.6 Å². The van der Waals surface area contributed by atoms with Gasteiger partial charge in [-0.1, -0.05) is 23.7 Å². The summed E-state index contributed by atoms with van der Waals surface area (Å²) in [6.07, 6.45) is 1.85. The lowest BCUT2D eigenvalue weighted by atomic mass is 10.1. The first kappa shape index (κ1) is 20.8. The van der Waals surface area contributed by atoms with E-state index in [2.05, 4.69) is 15.0 Å². The highest BCUT2D eigenvalue weighted by Gasteiger charge is 2.37. The van der Waals surface area contributed by atoms with Gasteiger partial charge in [-0.15, -0.1) is 0 Å². The van der Waals surface area contributed by atoms with Gasteiger partial charge in [-0.05, 0) is 48.7 Å². The minimum atomic E-state index is -3.35. The van der Waals surface area contributed by atoms with Crippen LogP contribution in [0.3, 0.4) is 0 Å². The van der Waals surface area contributed by atoms with Crippen molar-refractivity contribution in [3.8, 4) is 5.75 Å². The monoisotopic (exact) mass is 475 g/mol. The van der Waals surface area contributed by atoms with Gasteiger partial charge in [0.2, 0.25) is 0 Å². The molecule has 0 radical (unpaired) electrons. The number of sulfone groups is 1. The van der Waals surface area contributed by atoms with Crippen LogP contribution in [-0.4, -0.2) is 28.6 Å². The highest BCUT2D eigenvalue weighted by atomic mass is 35.5. The molecular weight excluding hydrogens is 460 g/mol. The van der Waals surface area contributed by atoms with Crippen LogP contribution >= 0.6 is 11.6 Å². The molecule has 1 fully saturated rings. The Balaban J connectivity index is 1.56. The average Bonchev–Trinajstić information content (AvgIpc) is 3.54. The highest BCUT2D eigenvalue weighted by molar-refractivity contribution is 7.92. The summed E-state index contributed by atoms with van der Waals surface area (Å²) >= 11 is 5.91. The maximum atomic E-state index is 14.3. The van der Waals surface area contributed by atoms with E-state index in [1.54, 1.807) is 18.2 Å². The zero-order valence-electron chi connectivity index (χ0n) is 16.4. The molecule has 1 N–H and O–H groups in total. The molecule has 0 bridgehead atoms. The third-order valence-electron chi connectivity index (χ3n) is 5.22. The van der Waals surface area contributed by atoms with Crippen LogP contribution in [0.1, 0.15) is 30.2 Å². The second kappa shape index (κ2) is 7.83. The number of nitrogens with zero attached hydrogens (tertiary/aromatic N) is 2. The molecule has 1 saturated carbocycles. The van der Waals surface area contributed by atoms with Crippen LogP contribution < -0.4 is 4.74 Å². The van der Waals surface area contributed by atoms with Crippen LogP contribution in [0.25, 0.3) is 11.2 Å². The van der Waals surface area contributed by atoms with Gasteiger partial charge in [0.25, 0.3) is 0 Å². The summed E-state index contributed by atoms with van der Waals surface area (Å²) in [7, 11) is -3.35. The molecule has 6 nitrogen and oxygen atoms in total. The number of aromatic nitrogens is 3. The Labute approximate surface area is 187 Å². The van der Waals surface area contributed by atoms with Gasteiger partial charge in [-0.2, -0.15) is 0 Å². The lowest BCUT2D eigenvalue weighted by Crippen LogP contribution is -2.12. The molecule has 0 aliphatic heterocycles. The Morgan fingerprint density at radius 1 is 1.09 bits per heavy atom. The smallest absolute Gasteiger partial charge is 0.181 e. The predicted octanol–water partition coefficient (Wildman–Crippen LogP) is 4.99. The fraction of sp³-hybridized carbons (Fsp3) is 0.182. The summed E-state index contributed by atoms with van der Waals surface area (Å²) in [6.45, 7) is 0. The number of aromatic amines is 1. The van der Waals surface area contributed by atoms with E-state index in [4.69, 9.17) is 16.3 Å².